The van der Waals surface area contributed by atoms with Crippen molar-refractivity contribution in [1.29, 1.82) is 0 Å². The van der Waals surface area contributed by atoms with Gasteiger partial charge in [-0.2, -0.15) is 0 Å². The minimum Gasteiger partial charge on any atom is -0.494 e. The highest BCUT2D eigenvalue weighted by Crippen LogP contribution is 2.38. The van der Waals surface area contributed by atoms with Crippen molar-refractivity contribution in [3.8, 4) is 5.75 Å². The third-order valence-electron chi connectivity index (χ3n) is 8.35. The first-order valence-electron chi connectivity index (χ1n) is 14.0. The number of hydrogen-bond donors (Lipinski definition) is 0. The van der Waals surface area contributed by atoms with Gasteiger partial charge in [-0.3, -0.25) is 0 Å². The molecule has 176 valence electrons. The molecule has 0 heterocycles. The summed E-state index contributed by atoms with van der Waals surface area (Å²) < 4.78 is 6.08. The van der Waals surface area contributed by atoms with Crippen molar-refractivity contribution in [3.05, 3.63) is 29.8 Å². The van der Waals surface area contributed by atoms with Gasteiger partial charge in [0.25, 0.3) is 0 Å². The van der Waals surface area contributed by atoms with E-state index in [1.165, 1.54) is 109 Å². The molecular formula is C30H50O. The Kier molecular flexibility index (Phi) is 11.3. The molecule has 31 heavy (non-hydrogen) atoms. The van der Waals surface area contributed by atoms with Gasteiger partial charge in [0.1, 0.15) is 5.75 Å². The topological polar surface area (TPSA) is 9.23 Å². The smallest absolute Gasteiger partial charge is 0.119 e. The van der Waals surface area contributed by atoms with Crippen LogP contribution in [-0.2, 0) is 0 Å². The van der Waals surface area contributed by atoms with Gasteiger partial charge < -0.3 is 4.74 Å². The van der Waals surface area contributed by atoms with E-state index in [0.29, 0.717) is 0 Å². The quantitative estimate of drug-likeness (QED) is 0.285. The summed E-state index contributed by atoms with van der Waals surface area (Å²) in [5.41, 5.74) is 1.54. The van der Waals surface area contributed by atoms with Crippen molar-refractivity contribution in [2.75, 3.05) is 6.61 Å². The number of ether oxygens (including phenoxy) is 1. The first kappa shape index (κ1) is 24.7. The molecule has 0 spiro atoms. The first-order chi connectivity index (χ1) is 15.3. The van der Waals surface area contributed by atoms with Crippen molar-refractivity contribution in [1.82, 2.24) is 0 Å². The third kappa shape index (κ3) is 8.82. The molecule has 0 amide bonds. The molecule has 2 fully saturated rings. The van der Waals surface area contributed by atoms with Gasteiger partial charge in [-0.1, -0.05) is 96.6 Å². The number of rotatable bonds is 13. The van der Waals surface area contributed by atoms with Gasteiger partial charge in [0.2, 0.25) is 0 Å². The Bertz CT molecular complexity index is 561. The molecule has 0 radical (unpaired) electrons. The lowest BCUT2D eigenvalue weighted by atomic mass is 9.77. The molecule has 2 saturated carbocycles. The highest BCUT2D eigenvalue weighted by Gasteiger charge is 2.22. The second-order valence-electron chi connectivity index (χ2n) is 10.8. The molecule has 2 aliphatic rings. The summed E-state index contributed by atoms with van der Waals surface area (Å²) >= 11 is 0. The lowest BCUT2D eigenvalue weighted by Gasteiger charge is -2.29. The van der Waals surface area contributed by atoms with Crippen LogP contribution in [-0.4, -0.2) is 6.61 Å². The molecule has 2 aliphatic carbocycles. The van der Waals surface area contributed by atoms with Crippen LogP contribution in [0, 0.1) is 17.8 Å². The van der Waals surface area contributed by atoms with E-state index in [1.54, 1.807) is 5.56 Å². The van der Waals surface area contributed by atoms with E-state index >= 15 is 0 Å². The molecule has 1 aromatic carbocycles. The fourth-order valence-corrected chi connectivity index (χ4v) is 6.26. The first-order valence-corrected chi connectivity index (χ1v) is 14.0. The Morgan fingerprint density at radius 1 is 0.613 bits per heavy atom. The molecule has 0 unspecified atom stereocenters. The normalized spacial score (nSPS) is 26.6. The zero-order chi connectivity index (χ0) is 21.7. The van der Waals surface area contributed by atoms with Crippen molar-refractivity contribution < 1.29 is 4.74 Å². The van der Waals surface area contributed by atoms with Crippen LogP contribution in [0.3, 0.4) is 0 Å². The zero-order valence-corrected chi connectivity index (χ0v) is 20.8. The average molecular weight is 427 g/mol. The summed E-state index contributed by atoms with van der Waals surface area (Å²) in [6.45, 7) is 5.52. The predicted molar refractivity (Wildman–Crippen MR) is 135 cm³/mol. The summed E-state index contributed by atoms with van der Waals surface area (Å²) in [7, 11) is 0. The van der Waals surface area contributed by atoms with Crippen LogP contribution in [0.1, 0.15) is 134 Å². The Hall–Kier alpha value is -0.980. The minimum atomic E-state index is 0.781. The molecule has 0 aromatic heterocycles. The highest BCUT2D eigenvalue weighted by molar-refractivity contribution is 5.29. The second kappa shape index (κ2) is 14.2. The minimum absolute atomic E-state index is 0.781. The second-order valence-corrected chi connectivity index (χ2v) is 10.8. The number of unbranched alkanes of at least 4 members (excludes halogenated alkanes) is 3. The summed E-state index contributed by atoms with van der Waals surface area (Å²) in [6.07, 6.45) is 24.1. The van der Waals surface area contributed by atoms with Crippen LogP contribution >= 0.6 is 0 Å². The van der Waals surface area contributed by atoms with Gasteiger partial charge in [-0.25, -0.2) is 0 Å². The van der Waals surface area contributed by atoms with Crippen molar-refractivity contribution in [3.63, 3.8) is 0 Å². The lowest BCUT2D eigenvalue weighted by Crippen LogP contribution is -2.15. The van der Waals surface area contributed by atoms with Crippen LogP contribution in [0.5, 0.6) is 5.75 Å². The molecule has 0 N–H and O–H groups in total. The molecule has 3 rings (SSSR count). The van der Waals surface area contributed by atoms with E-state index in [4.69, 9.17) is 4.74 Å². The molecule has 0 bridgehead atoms. The summed E-state index contributed by atoms with van der Waals surface area (Å²) in [6, 6.07) is 9.14. The van der Waals surface area contributed by atoms with Gasteiger partial charge in [-0.15, -0.1) is 0 Å². The van der Waals surface area contributed by atoms with E-state index < -0.39 is 0 Å². The van der Waals surface area contributed by atoms with E-state index in [9.17, 15) is 0 Å². The summed E-state index contributed by atoms with van der Waals surface area (Å²) in [5.74, 6) is 4.83. The Labute approximate surface area is 193 Å². The van der Waals surface area contributed by atoms with Gasteiger partial charge in [-0.05, 0) is 79.9 Å². The Morgan fingerprint density at radius 3 is 1.81 bits per heavy atom. The van der Waals surface area contributed by atoms with E-state index in [-0.39, 0.29) is 0 Å². The molecule has 1 heteroatoms. The Balaban J connectivity index is 1.28. The largest absolute Gasteiger partial charge is 0.494 e. The maximum Gasteiger partial charge on any atom is 0.119 e. The molecule has 0 aliphatic heterocycles. The average Bonchev–Trinajstić information content (AvgIpc) is 2.82. The molecule has 0 atom stereocenters. The molecule has 1 nitrogen and oxygen atoms in total. The van der Waals surface area contributed by atoms with Crippen molar-refractivity contribution in [2.24, 2.45) is 17.8 Å². The molecule has 1 aromatic rings. The van der Waals surface area contributed by atoms with Crippen LogP contribution in [0.2, 0.25) is 0 Å². The summed E-state index contributed by atoms with van der Waals surface area (Å²) in [5, 5.41) is 0. The zero-order valence-electron chi connectivity index (χ0n) is 20.8. The van der Waals surface area contributed by atoms with Crippen LogP contribution in [0.15, 0.2) is 24.3 Å². The maximum absolute atomic E-state index is 6.08. The fourth-order valence-electron chi connectivity index (χ4n) is 6.26. The van der Waals surface area contributed by atoms with E-state index in [1.807, 2.05) is 0 Å². The monoisotopic (exact) mass is 426 g/mol. The van der Waals surface area contributed by atoms with Crippen LogP contribution < -0.4 is 4.74 Å². The molecule has 0 saturated heterocycles. The predicted octanol–water partition coefficient (Wildman–Crippen LogP) is 9.70. The number of hydrogen-bond acceptors (Lipinski definition) is 1. The highest BCUT2D eigenvalue weighted by atomic mass is 16.5. The van der Waals surface area contributed by atoms with E-state index in [2.05, 4.69) is 38.1 Å². The van der Waals surface area contributed by atoms with Gasteiger partial charge in [0, 0.05) is 0 Å². The van der Waals surface area contributed by atoms with Gasteiger partial charge in [0.05, 0.1) is 6.61 Å². The van der Waals surface area contributed by atoms with Crippen LogP contribution in [0.4, 0.5) is 0 Å². The van der Waals surface area contributed by atoms with Gasteiger partial charge in [0.15, 0.2) is 0 Å². The van der Waals surface area contributed by atoms with Crippen molar-refractivity contribution >= 4 is 0 Å². The standard InChI is InChI=1S/C30H50O/c1-3-5-6-7-10-26-16-18-28(19-17-26)29-20-22-30(23-21-29)31-24-8-11-27-14-12-25(9-4-2)13-15-27/h20-23,25-28H,3-19,24H2,1-2H3. The third-order valence-corrected chi connectivity index (χ3v) is 8.35. The van der Waals surface area contributed by atoms with Crippen LogP contribution in [0.25, 0.3) is 0 Å². The fraction of sp³-hybridized carbons (Fsp3) is 0.800. The van der Waals surface area contributed by atoms with Crippen molar-refractivity contribution in [2.45, 2.75) is 129 Å². The summed E-state index contributed by atoms with van der Waals surface area (Å²) in [4.78, 5) is 0. The lowest BCUT2D eigenvalue weighted by molar-refractivity contribution is 0.230. The van der Waals surface area contributed by atoms with Gasteiger partial charge >= 0.3 is 0 Å². The van der Waals surface area contributed by atoms with E-state index in [0.717, 1.165) is 36.0 Å². The maximum atomic E-state index is 6.08. The SMILES string of the molecule is CCCCCCC1CCC(c2ccc(OCCCC3CCC(CCC)CC3)cc2)CC1. The molecular weight excluding hydrogens is 376 g/mol. The number of benzene rings is 1. The Morgan fingerprint density at radius 2 is 1.19 bits per heavy atom.